The van der Waals surface area contributed by atoms with Crippen LogP contribution in [-0.4, -0.2) is 52.3 Å². The van der Waals surface area contributed by atoms with Gasteiger partial charge in [-0.05, 0) is 36.4 Å². The van der Waals surface area contributed by atoms with E-state index in [2.05, 4.69) is 41.2 Å². The molecule has 0 aliphatic carbocycles. The average molecular weight is 538 g/mol. The Kier molecular flexibility index (Phi) is 8.83. The second-order valence-electron chi connectivity index (χ2n) is 9.57. The smallest absolute Gasteiger partial charge is 0.158 e. The number of nitrogens with zero attached hydrogens (tertiary/aromatic N) is 4. The van der Waals surface area contributed by atoms with Crippen LogP contribution < -0.4 is 10.1 Å². The quantitative estimate of drug-likeness (QED) is 0.137. The highest BCUT2D eigenvalue weighted by atomic mass is 35.5. The molecule has 38 heavy (non-hydrogen) atoms. The summed E-state index contributed by atoms with van der Waals surface area (Å²) in [6.07, 6.45) is 3.45. The molecule has 0 amide bonds. The molecule has 0 aliphatic heterocycles. The van der Waals surface area contributed by atoms with Crippen LogP contribution in [0.5, 0.6) is 11.5 Å². The minimum absolute atomic E-state index is 0.00568. The summed E-state index contributed by atoms with van der Waals surface area (Å²) < 4.78 is 13.5. The summed E-state index contributed by atoms with van der Waals surface area (Å²) in [6, 6.07) is 15.1. The van der Waals surface area contributed by atoms with Crippen molar-refractivity contribution >= 4 is 39.9 Å². The second-order valence-corrected chi connectivity index (χ2v) is 9.98. The van der Waals surface area contributed by atoms with Crippen LogP contribution >= 0.6 is 11.6 Å². The SMILES string of the molecule is CO/N=C(\c1cccc(Oc2ccc(Nc3ncnc4ccn(CCOCCO)c34)cc2Cl)c1)C(C)(C)C. The van der Waals surface area contributed by atoms with Gasteiger partial charge in [-0.2, -0.15) is 0 Å². The van der Waals surface area contributed by atoms with Crippen LogP contribution in [0.1, 0.15) is 26.3 Å². The molecule has 0 saturated heterocycles. The molecular formula is C28H32ClN5O4. The summed E-state index contributed by atoms with van der Waals surface area (Å²) in [6.45, 7) is 7.60. The number of aliphatic hydroxyl groups is 1. The van der Waals surface area contributed by atoms with Crippen molar-refractivity contribution in [3.8, 4) is 11.5 Å². The number of benzene rings is 2. The van der Waals surface area contributed by atoms with Crippen molar-refractivity contribution in [1.29, 1.82) is 0 Å². The molecule has 0 spiro atoms. The van der Waals surface area contributed by atoms with Crippen molar-refractivity contribution in [2.45, 2.75) is 27.3 Å². The number of aliphatic hydroxyl groups excluding tert-OH is 1. The zero-order valence-electron chi connectivity index (χ0n) is 21.9. The van der Waals surface area contributed by atoms with Gasteiger partial charge in [0, 0.05) is 29.4 Å². The predicted octanol–water partition coefficient (Wildman–Crippen LogP) is 6.03. The van der Waals surface area contributed by atoms with Gasteiger partial charge in [0.1, 0.15) is 30.5 Å². The Balaban J connectivity index is 1.53. The molecule has 0 saturated carbocycles. The van der Waals surface area contributed by atoms with Crippen LogP contribution in [0.2, 0.25) is 5.02 Å². The molecule has 4 aromatic rings. The first-order valence-electron chi connectivity index (χ1n) is 12.2. The second kappa shape index (κ2) is 12.3. The lowest BCUT2D eigenvalue weighted by Gasteiger charge is -2.21. The van der Waals surface area contributed by atoms with Crippen LogP contribution in [0.25, 0.3) is 11.0 Å². The number of hydrogen-bond donors (Lipinski definition) is 2. The summed E-state index contributed by atoms with van der Waals surface area (Å²) in [5.74, 6) is 1.80. The molecule has 0 aliphatic rings. The van der Waals surface area contributed by atoms with Crippen LogP contribution in [0.4, 0.5) is 11.5 Å². The molecule has 0 radical (unpaired) electrons. The maximum Gasteiger partial charge on any atom is 0.158 e. The molecule has 0 atom stereocenters. The molecule has 2 N–H and O–H groups in total. The van der Waals surface area contributed by atoms with Crippen molar-refractivity contribution in [2.75, 3.05) is 32.2 Å². The molecule has 0 unspecified atom stereocenters. The lowest BCUT2D eigenvalue weighted by molar-refractivity contribution is 0.0875. The van der Waals surface area contributed by atoms with Crippen molar-refractivity contribution in [1.82, 2.24) is 14.5 Å². The molecule has 2 heterocycles. The Labute approximate surface area is 227 Å². The van der Waals surface area contributed by atoms with E-state index in [1.807, 2.05) is 53.2 Å². The van der Waals surface area contributed by atoms with Crippen LogP contribution in [0.15, 0.2) is 66.2 Å². The minimum atomic E-state index is -0.210. The number of aromatic nitrogens is 3. The first kappa shape index (κ1) is 27.4. The molecule has 9 nitrogen and oxygen atoms in total. The summed E-state index contributed by atoms with van der Waals surface area (Å²) in [7, 11) is 1.54. The number of anilines is 2. The van der Waals surface area contributed by atoms with E-state index in [-0.39, 0.29) is 12.0 Å². The van der Waals surface area contributed by atoms with Gasteiger partial charge in [0.25, 0.3) is 0 Å². The molecule has 2 aromatic heterocycles. The number of oxime groups is 1. The fourth-order valence-corrected chi connectivity index (χ4v) is 4.20. The lowest BCUT2D eigenvalue weighted by atomic mass is 9.85. The van der Waals surface area contributed by atoms with E-state index in [1.165, 1.54) is 6.33 Å². The number of rotatable bonds is 11. The summed E-state index contributed by atoms with van der Waals surface area (Å²) in [5.41, 5.74) is 3.92. The predicted molar refractivity (Wildman–Crippen MR) is 150 cm³/mol. The number of fused-ring (bicyclic) bond motifs is 1. The minimum Gasteiger partial charge on any atom is -0.456 e. The Morgan fingerprint density at radius 1 is 1.11 bits per heavy atom. The average Bonchev–Trinajstić information content (AvgIpc) is 3.30. The van der Waals surface area contributed by atoms with Gasteiger partial charge >= 0.3 is 0 Å². The maximum absolute atomic E-state index is 8.92. The molecule has 0 fully saturated rings. The van der Waals surface area contributed by atoms with Crippen LogP contribution in [0, 0.1) is 5.41 Å². The molecular weight excluding hydrogens is 506 g/mol. The van der Waals surface area contributed by atoms with Gasteiger partial charge in [-0.3, -0.25) is 0 Å². The fraction of sp³-hybridized carbons (Fsp3) is 0.321. The highest BCUT2D eigenvalue weighted by molar-refractivity contribution is 6.32. The molecule has 0 bridgehead atoms. The normalized spacial score (nSPS) is 12.1. The van der Waals surface area contributed by atoms with Crippen molar-refractivity contribution in [2.24, 2.45) is 10.6 Å². The van der Waals surface area contributed by atoms with Crippen LogP contribution in [-0.2, 0) is 16.1 Å². The number of nitrogens with one attached hydrogen (secondary N) is 1. The Morgan fingerprint density at radius 2 is 1.95 bits per heavy atom. The van der Waals surface area contributed by atoms with E-state index in [0.29, 0.717) is 42.1 Å². The van der Waals surface area contributed by atoms with Gasteiger partial charge < -0.3 is 29.3 Å². The lowest BCUT2D eigenvalue weighted by Crippen LogP contribution is -2.21. The van der Waals surface area contributed by atoms with Gasteiger partial charge in [-0.15, -0.1) is 0 Å². The third-order valence-corrected chi connectivity index (χ3v) is 5.98. The Hall–Kier alpha value is -3.66. The summed E-state index contributed by atoms with van der Waals surface area (Å²) >= 11 is 6.61. The topological polar surface area (TPSA) is 103 Å². The molecule has 4 rings (SSSR count). The zero-order chi connectivity index (χ0) is 27.1. The highest BCUT2D eigenvalue weighted by Crippen LogP contribution is 2.34. The number of ether oxygens (including phenoxy) is 2. The molecule has 10 heteroatoms. The van der Waals surface area contributed by atoms with Crippen molar-refractivity contribution in [3.63, 3.8) is 0 Å². The van der Waals surface area contributed by atoms with Gasteiger partial charge in [-0.1, -0.05) is 49.7 Å². The zero-order valence-corrected chi connectivity index (χ0v) is 22.7. The van der Waals surface area contributed by atoms with Gasteiger partial charge in [0.2, 0.25) is 0 Å². The maximum atomic E-state index is 8.92. The van der Waals surface area contributed by atoms with Crippen molar-refractivity contribution in [3.05, 3.63) is 71.6 Å². The van der Waals surface area contributed by atoms with E-state index >= 15 is 0 Å². The van der Waals surface area contributed by atoms with Gasteiger partial charge in [0.05, 0.1) is 36.1 Å². The Morgan fingerprint density at radius 3 is 2.68 bits per heavy atom. The molecule has 2 aromatic carbocycles. The first-order valence-corrected chi connectivity index (χ1v) is 12.6. The third-order valence-electron chi connectivity index (χ3n) is 5.69. The number of hydrogen-bond acceptors (Lipinski definition) is 8. The van der Waals surface area contributed by atoms with Crippen LogP contribution in [0.3, 0.4) is 0 Å². The third kappa shape index (κ3) is 6.61. The van der Waals surface area contributed by atoms with E-state index < -0.39 is 0 Å². The number of halogens is 1. The Bertz CT molecular complexity index is 1410. The highest BCUT2D eigenvalue weighted by Gasteiger charge is 2.22. The largest absolute Gasteiger partial charge is 0.456 e. The summed E-state index contributed by atoms with van der Waals surface area (Å²) in [4.78, 5) is 13.9. The van der Waals surface area contributed by atoms with E-state index in [9.17, 15) is 0 Å². The van der Waals surface area contributed by atoms with Crippen molar-refractivity contribution < 1.29 is 19.4 Å². The van der Waals surface area contributed by atoms with Gasteiger partial charge in [-0.25, -0.2) is 9.97 Å². The van der Waals surface area contributed by atoms with Gasteiger partial charge in [0.15, 0.2) is 5.82 Å². The fourth-order valence-electron chi connectivity index (χ4n) is 3.99. The summed E-state index contributed by atoms with van der Waals surface area (Å²) in [5, 5.41) is 16.9. The monoisotopic (exact) mass is 537 g/mol. The van der Waals surface area contributed by atoms with E-state index in [1.54, 1.807) is 13.2 Å². The van der Waals surface area contributed by atoms with E-state index in [4.69, 9.17) is 31.0 Å². The molecule has 200 valence electrons. The standard InChI is InChI=1S/C28H32ClN5O4/c1-28(2,3)26(33-36-4)19-6-5-7-21(16-19)38-24-9-8-20(17-22(24)29)32-27-25-23(30-18-31-27)10-11-34(25)12-14-37-15-13-35/h5-11,16-18,35H,12-15H2,1-4H3,(H,30,31,32)/b33-26+. The van der Waals surface area contributed by atoms with E-state index in [0.717, 1.165) is 28.0 Å². The first-order chi connectivity index (χ1) is 18.3.